The van der Waals surface area contributed by atoms with Crippen LogP contribution in [0.15, 0.2) is 0 Å². The van der Waals surface area contributed by atoms with E-state index in [1.54, 1.807) is 0 Å². The molecule has 2 N–H and O–H groups in total. The lowest BCUT2D eigenvalue weighted by molar-refractivity contribution is -0.0278. The highest BCUT2D eigenvalue weighted by Gasteiger charge is 2.34. The lowest BCUT2D eigenvalue weighted by atomic mass is 9.83. The van der Waals surface area contributed by atoms with Crippen LogP contribution in [0.1, 0.15) is 59.3 Å². The van der Waals surface area contributed by atoms with Gasteiger partial charge >= 0.3 is 0 Å². The van der Waals surface area contributed by atoms with Crippen LogP contribution in [0.2, 0.25) is 0 Å². The summed E-state index contributed by atoms with van der Waals surface area (Å²) in [5.74, 6) is 0. The number of nitrogens with zero attached hydrogens (tertiary/aromatic N) is 1. The second-order valence-electron chi connectivity index (χ2n) is 7.53. The molecule has 1 saturated carbocycles. The smallest absolute Gasteiger partial charge is 0.0746 e. The Hall–Kier alpha value is -0.120. The number of piperidine rings is 1. The molecule has 19 heavy (non-hydrogen) atoms. The first-order chi connectivity index (χ1) is 8.92. The van der Waals surface area contributed by atoms with Crippen LogP contribution in [-0.2, 0) is 0 Å². The summed E-state index contributed by atoms with van der Waals surface area (Å²) >= 11 is 0. The predicted molar refractivity (Wildman–Crippen MR) is 80.3 cm³/mol. The van der Waals surface area contributed by atoms with E-state index in [1.807, 2.05) is 6.92 Å². The van der Waals surface area contributed by atoms with E-state index in [9.17, 15) is 5.11 Å². The molecule has 1 saturated heterocycles. The Balaban J connectivity index is 1.86. The van der Waals surface area contributed by atoms with Gasteiger partial charge in [-0.2, -0.15) is 0 Å². The molecule has 2 unspecified atom stereocenters. The number of β-amino-alcohol motifs (C(OH)–C–C–N with tert-alkyl or cyclic N) is 1. The maximum atomic E-state index is 10.2. The molecule has 0 bridgehead atoms. The van der Waals surface area contributed by atoms with Gasteiger partial charge in [0, 0.05) is 25.7 Å². The third-order valence-electron chi connectivity index (χ3n) is 4.61. The Labute approximate surface area is 118 Å². The summed E-state index contributed by atoms with van der Waals surface area (Å²) in [4.78, 5) is 2.48. The molecule has 0 spiro atoms. The van der Waals surface area contributed by atoms with Crippen molar-refractivity contribution in [2.45, 2.75) is 70.9 Å². The van der Waals surface area contributed by atoms with Crippen molar-refractivity contribution in [3.63, 3.8) is 0 Å². The zero-order valence-electron chi connectivity index (χ0n) is 13.0. The van der Waals surface area contributed by atoms with Crippen LogP contribution in [0.25, 0.3) is 0 Å². The summed E-state index contributed by atoms with van der Waals surface area (Å²) in [5.41, 5.74) is -0.125. The van der Waals surface area contributed by atoms with Crippen molar-refractivity contribution in [1.29, 1.82) is 0 Å². The van der Waals surface area contributed by atoms with Crippen molar-refractivity contribution in [1.82, 2.24) is 10.2 Å². The summed E-state index contributed by atoms with van der Waals surface area (Å²) in [7, 11) is 0. The highest BCUT2D eigenvalue weighted by Crippen LogP contribution is 2.29. The first-order valence-electron chi connectivity index (χ1n) is 8.11. The van der Waals surface area contributed by atoms with Gasteiger partial charge in [0.15, 0.2) is 0 Å². The van der Waals surface area contributed by atoms with Crippen LogP contribution in [-0.4, -0.2) is 47.8 Å². The molecule has 0 amide bonds. The lowest BCUT2D eigenvalue weighted by Crippen LogP contribution is -2.51. The average molecular weight is 268 g/mol. The van der Waals surface area contributed by atoms with Gasteiger partial charge in [0.2, 0.25) is 0 Å². The molecular formula is C16H32N2O. The number of hydrogen-bond acceptors (Lipinski definition) is 3. The Bertz CT molecular complexity index is 288. The molecule has 3 heteroatoms. The number of hydrogen-bond donors (Lipinski definition) is 2. The molecule has 1 aliphatic carbocycles. The Morgan fingerprint density at radius 2 is 2.16 bits per heavy atom. The highest BCUT2D eigenvalue weighted by atomic mass is 16.3. The van der Waals surface area contributed by atoms with Gasteiger partial charge in [-0.1, -0.05) is 20.3 Å². The zero-order chi connectivity index (χ0) is 13.9. The van der Waals surface area contributed by atoms with E-state index in [2.05, 4.69) is 24.1 Å². The molecule has 3 nitrogen and oxygen atoms in total. The second kappa shape index (κ2) is 6.11. The minimum absolute atomic E-state index is 0.352. The van der Waals surface area contributed by atoms with Crippen LogP contribution < -0.4 is 5.32 Å². The van der Waals surface area contributed by atoms with E-state index in [-0.39, 0.29) is 0 Å². The van der Waals surface area contributed by atoms with E-state index < -0.39 is 5.60 Å². The quantitative estimate of drug-likeness (QED) is 0.744. The monoisotopic (exact) mass is 268 g/mol. The van der Waals surface area contributed by atoms with Gasteiger partial charge in [0.05, 0.1) is 5.60 Å². The molecule has 1 aliphatic heterocycles. The number of aliphatic hydroxyl groups is 1. The van der Waals surface area contributed by atoms with Crippen molar-refractivity contribution < 1.29 is 5.11 Å². The summed E-state index contributed by atoms with van der Waals surface area (Å²) in [6, 6.07) is 0.792. The molecule has 0 radical (unpaired) electrons. The highest BCUT2D eigenvalue weighted by molar-refractivity contribution is 4.90. The predicted octanol–water partition coefficient (Wildman–Crippen LogP) is 2.39. The van der Waals surface area contributed by atoms with E-state index in [1.165, 1.54) is 25.7 Å². The van der Waals surface area contributed by atoms with E-state index in [4.69, 9.17) is 0 Å². The Morgan fingerprint density at radius 1 is 1.42 bits per heavy atom. The minimum atomic E-state index is -0.477. The fraction of sp³-hybridized carbons (Fsp3) is 1.00. The fourth-order valence-corrected chi connectivity index (χ4v) is 3.50. The van der Waals surface area contributed by atoms with Crippen LogP contribution in [0.3, 0.4) is 0 Å². The standard InChI is InChI=1S/C16H32N2O/c1-4-8-15(2,11-17-14-6-7-14)12-18-10-5-9-16(3,19)13-18/h14,17,19H,4-13H2,1-3H3. The molecule has 0 aromatic heterocycles. The second-order valence-corrected chi connectivity index (χ2v) is 7.53. The molecular weight excluding hydrogens is 236 g/mol. The van der Waals surface area contributed by atoms with Gasteiger partial charge in [-0.3, -0.25) is 4.90 Å². The molecule has 1 heterocycles. The van der Waals surface area contributed by atoms with Crippen LogP contribution in [0.4, 0.5) is 0 Å². The van der Waals surface area contributed by atoms with E-state index in [0.29, 0.717) is 5.41 Å². The van der Waals surface area contributed by atoms with Crippen molar-refractivity contribution in [3.05, 3.63) is 0 Å². The van der Waals surface area contributed by atoms with Crippen molar-refractivity contribution >= 4 is 0 Å². The van der Waals surface area contributed by atoms with Gasteiger partial charge in [-0.05, 0) is 51.0 Å². The number of rotatable bonds is 7. The molecule has 0 aromatic rings. The summed E-state index contributed by atoms with van der Waals surface area (Å²) in [6.07, 6.45) is 7.32. The van der Waals surface area contributed by atoms with Crippen LogP contribution >= 0.6 is 0 Å². The topological polar surface area (TPSA) is 35.5 Å². The molecule has 112 valence electrons. The third kappa shape index (κ3) is 5.05. The first-order valence-corrected chi connectivity index (χ1v) is 8.11. The van der Waals surface area contributed by atoms with Crippen LogP contribution in [0.5, 0.6) is 0 Å². The molecule has 2 aliphatic rings. The fourth-order valence-electron chi connectivity index (χ4n) is 3.50. The Morgan fingerprint density at radius 3 is 2.74 bits per heavy atom. The average Bonchev–Trinajstić information content (AvgIpc) is 3.09. The normalized spacial score (nSPS) is 32.2. The van der Waals surface area contributed by atoms with Gasteiger partial charge in [-0.25, -0.2) is 0 Å². The zero-order valence-corrected chi connectivity index (χ0v) is 13.0. The number of nitrogens with one attached hydrogen (secondary N) is 1. The number of likely N-dealkylation sites (tertiary alicyclic amines) is 1. The van der Waals surface area contributed by atoms with Crippen LogP contribution in [0, 0.1) is 5.41 Å². The van der Waals surface area contributed by atoms with E-state index >= 15 is 0 Å². The summed E-state index contributed by atoms with van der Waals surface area (Å²) in [6.45, 7) is 10.9. The Kier molecular flexibility index (Phi) is 4.91. The summed E-state index contributed by atoms with van der Waals surface area (Å²) in [5, 5.41) is 13.9. The first kappa shape index (κ1) is 15.3. The molecule has 2 rings (SSSR count). The van der Waals surface area contributed by atoms with Gasteiger partial charge in [-0.15, -0.1) is 0 Å². The minimum Gasteiger partial charge on any atom is -0.389 e. The SMILES string of the molecule is CCCC(C)(CNC1CC1)CN1CCCC(C)(O)C1. The maximum absolute atomic E-state index is 10.2. The van der Waals surface area contributed by atoms with Gasteiger partial charge in [0.25, 0.3) is 0 Å². The molecule has 2 fully saturated rings. The van der Waals surface area contributed by atoms with Crippen molar-refractivity contribution in [2.24, 2.45) is 5.41 Å². The van der Waals surface area contributed by atoms with Gasteiger partial charge in [0.1, 0.15) is 0 Å². The summed E-state index contributed by atoms with van der Waals surface area (Å²) < 4.78 is 0. The van der Waals surface area contributed by atoms with Crippen molar-refractivity contribution in [3.8, 4) is 0 Å². The largest absolute Gasteiger partial charge is 0.389 e. The molecule has 0 aromatic carbocycles. The molecule has 2 atom stereocenters. The lowest BCUT2D eigenvalue weighted by Gasteiger charge is -2.42. The van der Waals surface area contributed by atoms with Crippen molar-refractivity contribution in [2.75, 3.05) is 26.2 Å². The van der Waals surface area contributed by atoms with E-state index in [0.717, 1.165) is 45.1 Å². The third-order valence-corrected chi connectivity index (χ3v) is 4.61. The maximum Gasteiger partial charge on any atom is 0.0746 e. The van der Waals surface area contributed by atoms with Gasteiger partial charge < -0.3 is 10.4 Å².